The summed E-state index contributed by atoms with van der Waals surface area (Å²) in [5.74, 6) is -0.494. The molecule has 23 heavy (non-hydrogen) atoms. The number of rotatable bonds is 5. The number of hydrogen-bond acceptors (Lipinski definition) is 5. The molecule has 0 aliphatic carbocycles. The van der Waals surface area contributed by atoms with Crippen LogP contribution in [-0.4, -0.2) is 15.0 Å². The predicted octanol–water partition coefficient (Wildman–Crippen LogP) is 0.933. The highest BCUT2D eigenvalue weighted by Gasteiger charge is 2.13. The molecule has 0 aromatic carbocycles. The number of carbonyl (C=O) groups is 1. The van der Waals surface area contributed by atoms with Crippen molar-refractivity contribution in [3.8, 4) is 6.07 Å². The average molecular weight is 353 g/mol. The van der Waals surface area contributed by atoms with Crippen molar-refractivity contribution >= 4 is 28.8 Å². The molecule has 0 spiro atoms. The summed E-state index contributed by atoms with van der Waals surface area (Å²) in [5, 5.41) is 11.6. The standard InChI is InChI=1S/C14H13ClN4O3S/c1-2-18-7-9(5-16)13(21)19(14(18)22)8-12(20)17-6-10-3-4-11(15)23-10/h3-4,7H,2,6,8H2,1H3,(H,17,20). The van der Waals surface area contributed by atoms with Gasteiger partial charge >= 0.3 is 5.69 Å². The van der Waals surface area contributed by atoms with Gasteiger partial charge in [-0.05, 0) is 19.1 Å². The van der Waals surface area contributed by atoms with E-state index in [-0.39, 0.29) is 12.1 Å². The molecule has 2 heterocycles. The van der Waals surface area contributed by atoms with Crippen LogP contribution < -0.4 is 16.6 Å². The van der Waals surface area contributed by atoms with Crippen molar-refractivity contribution in [2.24, 2.45) is 0 Å². The number of nitrogens with zero attached hydrogens (tertiary/aromatic N) is 3. The van der Waals surface area contributed by atoms with Gasteiger partial charge in [0.25, 0.3) is 5.56 Å². The lowest BCUT2D eigenvalue weighted by Gasteiger charge is -2.09. The molecule has 0 atom stereocenters. The highest BCUT2D eigenvalue weighted by molar-refractivity contribution is 7.16. The summed E-state index contributed by atoms with van der Waals surface area (Å²) in [4.78, 5) is 37.0. The normalized spacial score (nSPS) is 10.3. The fourth-order valence-corrected chi connectivity index (χ4v) is 2.96. The van der Waals surface area contributed by atoms with E-state index in [9.17, 15) is 14.4 Å². The van der Waals surface area contributed by atoms with Crippen molar-refractivity contribution in [1.29, 1.82) is 5.26 Å². The van der Waals surface area contributed by atoms with Gasteiger partial charge in [0, 0.05) is 17.6 Å². The van der Waals surface area contributed by atoms with Crippen molar-refractivity contribution < 1.29 is 4.79 Å². The molecule has 0 aliphatic rings. The molecule has 9 heteroatoms. The number of halogens is 1. The van der Waals surface area contributed by atoms with Gasteiger partial charge in [-0.1, -0.05) is 11.6 Å². The maximum absolute atomic E-state index is 12.1. The first-order valence-corrected chi connectivity index (χ1v) is 7.91. The summed E-state index contributed by atoms with van der Waals surface area (Å²) in [6, 6.07) is 5.23. The Labute approximate surface area is 140 Å². The number of aryl methyl sites for hydroxylation is 1. The monoisotopic (exact) mass is 352 g/mol. The molecule has 2 aromatic rings. The topological polar surface area (TPSA) is 96.9 Å². The molecule has 0 bridgehead atoms. The van der Waals surface area contributed by atoms with E-state index in [0.717, 1.165) is 9.44 Å². The van der Waals surface area contributed by atoms with Gasteiger partial charge in [-0.15, -0.1) is 11.3 Å². The molecule has 0 fully saturated rings. The quantitative estimate of drug-likeness (QED) is 0.865. The zero-order valence-corrected chi connectivity index (χ0v) is 13.8. The van der Waals surface area contributed by atoms with E-state index in [1.54, 1.807) is 25.1 Å². The van der Waals surface area contributed by atoms with Crippen molar-refractivity contribution in [1.82, 2.24) is 14.5 Å². The molecule has 0 unspecified atom stereocenters. The summed E-state index contributed by atoms with van der Waals surface area (Å²) in [6.07, 6.45) is 1.20. The Morgan fingerprint density at radius 2 is 2.17 bits per heavy atom. The molecule has 120 valence electrons. The second kappa shape index (κ2) is 7.26. The van der Waals surface area contributed by atoms with Crippen LogP contribution in [0.2, 0.25) is 4.34 Å². The lowest BCUT2D eigenvalue weighted by Crippen LogP contribution is -2.44. The van der Waals surface area contributed by atoms with Gasteiger partial charge in [-0.3, -0.25) is 14.2 Å². The first-order chi connectivity index (χ1) is 11.0. The van der Waals surface area contributed by atoms with Gasteiger partial charge in [0.2, 0.25) is 5.91 Å². The molecule has 0 saturated heterocycles. The van der Waals surface area contributed by atoms with Crippen molar-refractivity contribution in [3.63, 3.8) is 0 Å². The van der Waals surface area contributed by atoms with Gasteiger partial charge in [-0.25, -0.2) is 9.36 Å². The zero-order chi connectivity index (χ0) is 17.0. The largest absolute Gasteiger partial charge is 0.350 e. The third-order valence-electron chi connectivity index (χ3n) is 3.09. The molecular formula is C14H13ClN4O3S. The van der Waals surface area contributed by atoms with Crippen LogP contribution in [0.1, 0.15) is 17.4 Å². The Hall–Kier alpha value is -2.37. The summed E-state index contributed by atoms with van der Waals surface area (Å²) in [5.41, 5.74) is -1.56. The van der Waals surface area contributed by atoms with E-state index in [1.165, 1.54) is 22.1 Å². The first-order valence-electron chi connectivity index (χ1n) is 6.71. The zero-order valence-electron chi connectivity index (χ0n) is 12.2. The van der Waals surface area contributed by atoms with E-state index in [2.05, 4.69) is 5.32 Å². The Morgan fingerprint density at radius 3 is 2.74 bits per heavy atom. The Morgan fingerprint density at radius 1 is 1.43 bits per heavy atom. The predicted molar refractivity (Wildman–Crippen MR) is 86.5 cm³/mol. The van der Waals surface area contributed by atoms with Crippen LogP contribution in [0.4, 0.5) is 0 Å². The fraction of sp³-hybridized carbons (Fsp3) is 0.286. The Kier molecular flexibility index (Phi) is 5.36. The van der Waals surface area contributed by atoms with Crippen LogP contribution in [0.3, 0.4) is 0 Å². The molecule has 0 saturated carbocycles. The van der Waals surface area contributed by atoms with E-state index in [4.69, 9.17) is 16.9 Å². The number of carbonyl (C=O) groups excluding carboxylic acids is 1. The number of nitrogens with one attached hydrogen (secondary N) is 1. The van der Waals surface area contributed by atoms with Crippen LogP contribution in [0, 0.1) is 11.3 Å². The van der Waals surface area contributed by atoms with Crippen LogP contribution in [-0.2, 0) is 24.4 Å². The summed E-state index contributed by atoms with van der Waals surface area (Å²) in [7, 11) is 0. The molecule has 2 aromatic heterocycles. The van der Waals surface area contributed by atoms with Crippen LogP contribution in [0.5, 0.6) is 0 Å². The minimum atomic E-state index is -0.767. The van der Waals surface area contributed by atoms with Gasteiger partial charge in [0.1, 0.15) is 18.2 Å². The molecule has 0 radical (unpaired) electrons. The molecular weight excluding hydrogens is 340 g/mol. The molecule has 2 rings (SSSR count). The van der Waals surface area contributed by atoms with E-state index < -0.39 is 23.7 Å². The van der Waals surface area contributed by atoms with Crippen molar-refractivity contribution in [2.75, 3.05) is 0 Å². The first kappa shape index (κ1) is 17.0. The molecule has 1 amide bonds. The number of nitriles is 1. The second-order valence-electron chi connectivity index (χ2n) is 4.60. The number of thiophene rings is 1. The summed E-state index contributed by atoms with van der Waals surface area (Å²) < 4.78 is 2.59. The van der Waals surface area contributed by atoms with E-state index in [1.807, 2.05) is 0 Å². The smallest absolute Gasteiger partial charge is 0.331 e. The average Bonchev–Trinajstić information content (AvgIpc) is 2.95. The summed E-state index contributed by atoms with van der Waals surface area (Å²) in [6.45, 7) is 1.82. The van der Waals surface area contributed by atoms with E-state index in [0.29, 0.717) is 10.9 Å². The molecule has 1 N–H and O–H groups in total. The lowest BCUT2D eigenvalue weighted by atomic mass is 10.3. The second-order valence-corrected chi connectivity index (χ2v) is 6.40. The highest BCUT2D eigenvalue weighted by Crippen LogP contribution is 2.20. The number of hydrogen-bond donors (Lipinski definition) is 1. The summed E-state index contributed by atoms with van der Waals surface area (Å²) >= 11 is 7.13. The van der Waals surface area contributed by atoms with E-state index >= 15 is 0 Å². The van der Waals surface area contributed by atoms with Gasteiger partial charge in [0.05, 0.1) is 10.9 Å². The van der Waals surface area contributed by atoms with Crippen LogP contribution >= 0.6 is 22.9 Å². The molecule has 7 nitrogen and oxygen atoms in total. The minimum absolute atomic E-state index is 0.177. The van der Waals surface area contributed by atoms with Crippen molar-refractivity contribution in [2.45, 2.75) is 26.6 Å². The third-order valence-corrected chi connectivity index (χ3v) is 4.32. The maximum atomic E-state index is 12.1. The Bertz CT molecular complexity index is 891. The minimum Gasteiger partial charge on any atom is -0.350 e. The maximum Gasteiger partial charge on any atom is 0.331 e. The van der Waals surface area contributed by atoms with Crippen LogP contribution in [0.15, 0.2) is 27.9 Å². The number of amides is 1. The lowest BCUT2D eigenvalue weighted by molar-refractivity contribution is -0.121. The van der Waals surface area contributed by atoms with Gasteiger partial charge in [0.15, 0.2) is 0 Å². The third kappa shape index (κ3) is 3.88. The fourth-order valence-electron chi connectivity index (χ4n) is 1.93. The Balaban J connectivity index is 2.19. The van der Waals surface area contributed by atoms with Gasteiger partial charge < -0.3 is 5.32 Å². The van der Waals surface area contributed by atoms with Crippen LogP contribution in [0.25, 0.3) is 0 Å². The SMILES string of the molecule is CCn1cc(C#N)c(=O)n(CC(=O)NCc2ccc(Cl)s2)c1=O. The number of aromatic nitrogens is 2. The van der Waals surface area contributed by atoms with Gasteiger partial charge in [-0.2, -0.15) is 5.26 Å². The molecule has 0 aliphatic heterocycles. The van der Waals surface area contributed by atoms with Crippen molar-refractivity contribution in [3.05, 3.63) is 53.9 Å². The highest BCUT2D eigenvalue weighted by atomic mass is 35.5.